The van der Waals surface area contributed by atoms with Crippen LogP contribution in [0.25, 0.3) is 0 Å². The van der Waals surface area contributed by atoms with Crippen LogP contribution in [-0.2, 0) is 23.1 Å². The molecule has 0 aliphatic carbocycles. The highest BCUT2D eigenvalue weighted by Gasteiger charge is 2.12. The maximum absolute atomic E-state index is 12.0. The van der Waals surface area contributed by atoms with Gasteiger partial charge in [-0.3, -0.25) is 4.98 Å². The van der Waals surface area contributed by atoms with E-state index >= 15 is 0 Å². The molecular weight excluding hydrogens is 276 g/mol. The van der Waals surface area contributed by atoms with E-state index in [4.69, 9.17) is 5.11 Å². The number of pyridine rings is 1. The Labute approximate surface area is 118 Å². The van der Waals surface area contributed by atoms with E-state index in [9.17, 15) is 8.42 Å². The summed E-state index contributed by atoms with van der Waals surface area (Å²) in [5, 5.41) is 8.93. The van der Waals surface area contributed by atoms with Crippen LogP contribution in [0.4, 0.5) is 0 Å². The van der Waals surface area contributed by atoms with Crippen LogP contribution in [-0.4, -0.2) is 25.1 Å². The maximum Gasteiger partial charge on any atom is 0.240 e. The number of sulfonamides is 1. The second-order valence-corrected chi connectivity index (χ2v) is 6.04. The fourth-order valence-corrected chi connectivity index (χ4v) is 2.75. The summed E-state index contributed by atoms with van der Waals surface area (Å²) in [7, 11) is -3.51. The maximum atomic E-state index is 12.0. The SMILES string of the molecule is O=S(=O)(NCCc1ccccn1)c1ccc(CO)cc1. The summed E-state index contributed by atoms with van der Waals surface area (Å²) in [4.78, 5) is 4.32. The number of hydrogen-bond donors (Lipinski definition) is 2. The number of rotatable bonds is 6. The Morgan fingerprint density at radius 3 is 2.45 bits per heavy atom. The van der Waals surface area contributed by atoms with Gasteiger partial charge in [0.1, 0.15) is 0 Å². The van der Waals surface area contributed by atoms with Gasteiger partial charge in [-0.25, -0.2) is 13.1 Å². The van der Waals surface area contributed by atoms with E-state index in [1.54, 1.807) is 18.3 Å². The molecule has 0 amide bonds. The Kier molecular flexibility index (Phi) is 4.84. The van der Waals surface area contributed by atoms with Crippen molar-refractivity contribution in [3.63, 3.8) is 0 Å². The molecule has 106 valence electrons. The molecule has 0 unspecified atom stereocenters. The molecule has 0 spiro atoms. The van der Waals surface area contributed by atoms with E-state index in [1.165, 1.54) is 12.1 Å². The van der Waals surface area contributed by atoms with E-state index in [1.807, 2.05) is 18.2 Å². The molecule has 2 aromatic rings. The summed E-state index contributed by atoms with van der Waals surface area (Å²) in [5.74, 6) is 0. The molecular formula is C14H16N2O3S. The second-order valence-electron chi connectivity index (χ2n) is 4.27. The van der Waals surface area contributed by atoms with Gasteiger partial charge in [-0.1, -0.05) is 18.2 Å². The first-order valence-electron chi connectivity index (χ1n) is 6.21. The minimum Gasteiger partial charge on any atom is -0.392 e. The van der Waals surface area contributed by atoms with Gasteiger partial charge < -0.3 is 5.11 Å². The topological polar surface area (TPSA) is 79.3 Å². The van der Waals surface area contributed by atoms with Crippen molar-refractivity contribution in [2.24, 2.45) is 0 Å². The number of aliphatic hydroxyl groups is 1. The van der Waals surface area contributed by atoms with Crippen molar-refractivity contribution in [3.8, 4) is 0 Å². The van der Waals surface area contributed by atoms with Crippen LogP contribution in [0.2, 0.25) is 0 Å². The van der Waals surface area contributed by atoms with Crippen molar-refractivity contribution in [2.45, 2.75) is 17.9 Å². The average molecular weight is 292 g/mol. The lowest BCUT2D eigenvalue weighted by molar-refractivity contribution is 0.282. The average Bonchev–Trinajstić information content (AvgIpc) is 2.48. The van der Waals surface area contributed by atoms with Gasteiger partial charge in [0.25, 0.3) is 0 Å². The number of benzene rings is 1. The molecule has 6 heteroatoms. The minimum atomic E-state index is -3.51. The van der Waals surface area contributed by atoms with Crippen molar-refractivity contribution < 1.29 is 13.5 Å². The standard InChI is InChI=1S/C14H16N2O3S/c17-11-12-4-6-14(7-5-12)20(18,19)16-10-8-13-3-1-2-9-15-13/h1-7,9,16-17H,8,10-11H2. The normalized spacial score (nSPS) is 11.4. The van der Waals surface area contributed by atoms with Gasteiger partial charge in [0, 0.05) is 24.9 Å². The summed E-state index contributed by atoms with van der Waals surface area (Å²) in [5.41, 5.74) is 1.52. The molecule has 1 aromatic carbocycles. The van der Waals surface area contributed by atoms with E-state index in [0.717, 1.165) is 5.69 Å². The smallest absolute Gasteiger partial charge is 0.240 e. The van der Waals surface area contributed by atoms with Crippen LogP contribution in [0.1, 0.15) is 11.3 Å². The van der Waals surface area contributed by atoms with Gasteiger partial charge in [-0.2, -0.15) is 0 Å². The lowest BCUT2D eigenvalue weighted by Gasteiger charge is -2.07. The molecule has 2 N–H and O–H groups in total. The highest BCUT2D eigenvalue weighted by molar-refractivity contribution is 7.89. The molecule has 0 atom stereocenters. The Bertz CT molecular complexity index is 640. The van der Waals surface area contributed by atoms with E-state index in [0.29, 0.717) is 18.5 Å². The molecule has 0 radical (unpaired) electrons. The summed E-state index contributed by atoms with van der Waals surface area (Å²) >= 11 is 0. The van der Waals surface area contributed by atoms with Crippen LogP contribution < -0.4 is 4.72 Å². The fourth-order valence-electron chi connectivity index (χ4n) is 1.72. The monoisotopic (exact) mass is 292 g/mol. The molecule has 0 aliphatic rings. The summed E-state index contributed by atoms with van der Waals surface area (Å²) in [6, 6.07) is 11.7. The molecule has 20 heavy (non-hydrogen) atoms. The van der Waals surface area contributed by atoms with Crippen molar-refractivity contribution >= 4 is 10.0 Å². The van der Waals surface area contributed by atoms with Crippen molar-refractivity contribution in [1.29, 1.82) is 0 Å². The van der Waals surface area contributed by atoms with Crippen LogP contribution in [0.5, 0.6) is 0 Å². The lowest BCUT2D eigenvalue weighted by Crippen LogP contribution is -2.26. The van der Waals surface area contributed by atoms with Crippen LogP contribution in [0.15, 0.2) is 53.6 Å². The second kappa shape index (κ2) is 6.60. The van der Waals surface area contributed by atoms with Crippen molar-refractivity contribution in [3.05, 3.63) is 59.9 Å². The zero-order valence-electron chi connectivity index (χ0n) is 10.9. The number of aliphatic hydroxyl groups excluding tert-OH is 1. The minimum absolute atomic E-state index is 0.104. The predicted molar refractivity (Wildman–Crippen MR) is 75.5 cm³/mol. The lowest BCUT2D eigenvalue weighted by atomic mass is 10.2. The molecule has 0 bridgehead atoms. The highest BCUT2D eigenvalue weighted by atomic mass is 32.2. The van der Waals surface area contributed by atoms with Crippen molar-refractivity contribution in [1.82, 2.24) is 9.71 Å². The van der Waals surface area contributed by atoms with Gasteiger partial charge in [0.05, 0.1) is 11.5 Å². The molecule has 1 aromatic heterocycles. The van der Waals surface area contributed by atoms with Gasteiger partial charge in [-0.15, -0.1) is 0 Å². The van der Waals surface area contributed by atoms with Crippen LogP contribution in [0.3, 0.4) is 0 Å². The third-order valence-electron chi connectivity index (χ3n) is 2.82. The van der Waals surface area contributed by atoms with Gasteiger partial charge in [0.15, 0.2) is 0 Å². The largest absolute Gasteiger partial charge is 0.392 e. The Balaban J connectivity index is 1.96. The van der Waals surface area contributed by atoms with E-state index < -0.39 is 10.0 Å². The summed E-state index contributed by atoms with van der Waals surface area (Å²) in [6.45, 7) is 0.189. The third kappa shape index (κ3) is 3.86. The zero-order valence-corrected chi connectivity index (χ0v) is 11.7. The molecule has 5 nitrogen and oxygen atoms in total. The molecule has 2 rings (SSSR count). The third-order valence-corrected chi connectivity index (χ3v) is 4.29. The summed E-state index contributed by atoms with van der Waals surface area (Å²) < 4.78 is 26.6. The number of nitrogens with one attached hydrogen (secondary N) is 1. The van der Waals surface area contributed by atoms with E-state index in [-0.39, 0.29) is 11.5 Å². The number of nitrogens with zero attached hydrogens (tertiary/aromatic N) is 1. The number of aromatic nitrogens is 1. The fraction of sp³-hybridized carbons (Fsp3) is 0.214. The molecule has 0 saturated heterocycles. The molecule has 0 saturated carbocycles. The van der Waals surface area contributed by atoms with Crippen LogP contribution in [0, 0.1) is 0 Å². The first-order valence-corrected chi connectivity index (χ1v) is 7.69. The van der Waals surface area contributed by atoms with Gasteiger partial charge >= 0.3 is 0 Å². The highest BCUT2D eigenvalue weighted by Crippen LogP contribution is 2.10. The number of hydrogen-bond acceptors (Lipinski definition) is 4. The molecule has 0 fully saturated rings. The quantitative estimate of drug-likeness (QED) is 0.835. The van der Waals surface area contributed by atoms with E-state index in [2.05, 4.69) is 9.71 Å². The van der Waals surface area contributed by atoms with Crippen LogP contribution >= 0.6 is 0 Å². The Morgan fingerprint density at radius 1 is 1.10 bits per heavy atom. The Morgan fingerprint density at radius 2 is 1.85 bits per heavy atom. The van der Waals surface area contributed by atoms with Gasteiger partial charge in [-0.05, 0) is 29.8 Å². The van der Waals surface area contributed by atoms with Gasteiger partial charge in [0.2, 0.25) is 10.0 Å². The molecule has 1 heterocycles. The molecule has 0 aliphatic heterocycles. The first kappa shape index (κ1) is 14.6. The first-order chi connectivity index (χ1) is 9.62. The zero-order chi connectivity index (χ0) is 14.4. The summed E-state index contributed by atoms with van der Waals surface area (Å²) in [6.07, 6.45) is 2.21. The van der Waals surface area contributed by atoms with Crippen molar-refractivity contribution in [2.75, 3.05) is 6.54 Å². The predicted octanol–water partition coefficient (Wildman–Crippen LogP) is 1.09. The Hall–Kier alpha value is -1.76.